The molecule has 0 spiro atoms. The maximum absolute atomic E-state index is 13.3. The Balaban J connectivity index is 1.26. The van der Waals surface area contributed by atoms with Gasteiger partial charge in [-0.25, -0.2) is 17.9 Å². The number of pyridine rings is 1. The van der Waals surface area contributed by atoms with E-state index in [-0.39, 0.29) is 30.4 Å². The minimum Gasteiger partial charge on any atom is -0.489 e. The fourth-order valence-corrected chi connectivity index (χ4v) is 6.78. The van der Waals surface area contributed by atoms with Crippen molar-refractivity contribution in [3.63, 3.8) is 0 Å². The first-order valence-electron chi connectivity index (χ1n) is 13.4. The number of hydrogen-bond acceptors (Lipinski definition) is 7. The summed E-state index contributed by atoms with van der Waals surface area (Å²) in [4.78, 5) is 33.0. The first-order chi connectivity index (χ1) is 19.2. The van der Waals surface area contributed by atoms with E-state index in [0.29, 0.717) is 25.4 Å². The highest BCUT2D eigenvalue weighted by Gasteiger charge is 2.50. The second-order valence-electron chi connectivity index (χ2n) is 10.5. The molecule has 40 heavy (non-hydrogen) atoms. The van der Waals surface area contributed by atoms with Crippen LogP contribution in [0.2, 0.25) is 0 Å². The summed E-state index contributed by atoms with van der Waals surface area (Å²) in [6.07, 6.45) is 2.84. The van der Waals surface area contributed by atoms with Crippen LogP contribution in [-0.2, 0) is 26.2 Å². The van der Waals surface area contributed by atoms with Gasteiger partial charge in [0, 0.05) is 42.8 Å². The van der Waals surface area contributed by atoms with Crippen molar-refractivity contribution in [3.05, 3.63) is 65.9 Å². The number of ether oxygens (including phenoxy) is 2. The molecule has 0 aliphatic carbocycles. The van der Waals surface area contributed by atoms with E-state index in [1.54, 1.807) is 21.9 Å². The molecule has 1 N–H and O–H groups in total. The average Bonchev–Trinajstić information content (AvgIpc) is 2.94. The number of rotatable bonds is 8. The number of likely N-dealkylation sites (tertiary alicyclic amines) is 2. The Morgan fingerprint density at radius 2 is 1.70 bits per heavy atom. The number of fused-ring (bicyclic) bond motifs is 1. The highest BCUT2D eigenvalue weighted by molar-refractivity contribution is 7.89. The van der Waals surface area contributed by atoms with Gasteiger partial charge in [-0.05, 0) is 62.6 Å². The highest BCUT2D eigenvalue weighted by Crippen LogP contribution is 2.30. The fourth-order valence-electron chi connectivity index (χ4n) is 5.40. The van der Waals surface area contributed by atoms with Gasteiger partial charge in [0.05, 0.1) is 29.5 Å². The van der Waals surface area contributed by atoms with Gasteiger partial charge in [0.1, 0.15) is 12.4 Å². The second kappa shape index (κ2) is 11.4. The Labute approximate surface area is 234 Å². The van der Waals surface area contributed by atoms with Crippen LogP contribution in [0.1, 0.15) is 36.9 Å². The fraction of sp³-hybridized carbons (Fsp3) is 0.414. The number of aromatic nitrogens is 1. The molecule has 0 atom stereocenters. The number of benzene rings is 2. The summed E-state index contributed by atoms with van der Waals surface area (Å²) in [5.41, 5.74) is 1.63. The number of carbonyl (C=O) groups excluding carboxylic acids is 2. The van der Waals surface area contributed by atoms with Crippen LogP contribution in [0.15, 0.2) is 59.5 Å². The lowest BCUT2D eigenvalue weighted by atomic mass is 9.87. The quantitative estimate of drug-likeness (QED) is 0.414. The lowest BCUT2D eigenvalue weighted by Crippen LogP contribution is -2.73. The van der Waals surface area contributed by atoms with Gasteiger partial charge >= 0.3 is 12.0 Å². The largest absolute Gasteiger partial charge is 0.489 e. The number of para-hydroxylation sites is 1. The number of urea groups is 1. The molecule has 2 aromatic carbocycles. The molecule has 3 heterocycles. The number of nitrogens with one attached hydrogen (secondary N) is 1. The van der Waals surface area contributed by atoms with Crippen LogP contribution in [0, 0.1) is 6.92 Å². The minimum atomic E-state index is -4.00. The predicted octanol–water partition coefficient (Wildman–Crippen LogP) is 3.62. The number of aryl methyl sites for hydroxylation is 1. The topological polar surface area (TPSA) is 118 Å². The molecule has 2 aliphatic rings. The third-order valence-corrected chi connectivity index (χ3v) is 9.00. The van der Waals surface area contributed by atoms with Crippen LogP contribution in [-0.4, -0.2) is 74.0 Å². The third kappa shape index (κ3) is 6.05. The number of hydrogen-bond donors (Lipinski definition) is 1. The number of methoxy groups -OCH3 is 1. The minimum absolute atomic E-state index is 0.0371. The van der Waals surface area contributed by atoms with E-state index >= 15 is 0 Å². The number of sulfonamides is 1. The van der Waals surface area contributed by atoms with E-state index in [9.17, 15) is 18.0 Å². The van der Waals surface area contributed by atoms with Crippen LogP contribution in [0.25, 0.3) is 10.9 Å². The molecule has 0 saturated carbocycles. The van der Waals surface area contributed by atoms with Crippen molar-refractivity contribution in [1.82, 2.24) is 19.5 Å². The van der Waals surface area contributed by atoms with Crippen molar-refractivity contribution in [3.8, 4) is 5.75 Å². The SMILES string of the molecule is COC(=O)CC1(NS(=O)(=O)c2ccc(OCc3cc(C)nc4ccccc34)cc2)CN(C(=O)N2CCCCC2)C1. The standard InChI is InChI=1S/C29H34N4O6S/c1-21-16-22(25-8-4-5-9-26(25)30-21)18-39-23-10-12-24(13-11-23)40(36,37)31-29(17-27(34)38-2)19-33(20-29)28(35)32-14-6-3-7-15-32/h4-5,8-13,16,31H,3,6-7,14-15,17-20H2,1-2H3. The number of esters is 1. The van der Waals surface area contributed by atoms with Crippen molar-refractivity contribution < 1.29 is 27.5 Å². The molecular weight excluding hydrogens is 532 g/mol. The van der Waals surface area contributed by atoms with Gasteiger partial charge in [0.15, 0.2) is 0 Å². The number of nitrogens with zero attached hydrogens (tertiary/aromatic N) is 3. The van der Waals surface area contributed by atoms with Gasteiger partial charge in [-0.15, -0.1) is 0 Å². The van der Waals surface area contributed by atoms with Crippen LogP contribution in [0.4, 0.5) is 4.79 Å². The third-order valence-electron chi connectivity index (χ3n) is 7.40. The van der Waals surface area contributed by atoms with E-state index in [2.05, 4.69) is 9.71 Å². The Morgan fingerprint density at radius 3 is 2.40 bits per heavy atom. The maximum atomic E-state index is 13.3. The zero-order chi connectivity index (χ0) is 28.3. The monoisotopic (exact) mass is 566 g/mol. The Morgan fingerprint density at radius 1 is 1.00 bits per heavy atom. The van der Waals surface area contributed by atoms with E-state index in [0.717, 1.165) is 41.4 Å². The summed E-state index contributed by atoms with van der Waals surface area (Å²) in [7, 11) is -2.74. The molecule has 212 valence electrons. The van der Waals surface area contributed by atoms with Crippen molar-refractivity contribution in [2.24, 2.45) is 0 Å². The first-order valence-corrected chi connectivity index (χ1v) is 14.9. The van der Waals surface area contributed by atoms with Gasteiger partial charge < -0.3 is 19.3 Å². The summed E-state index contributed by atoms with van der Waals surface area (Å²) in [6.45, 7) is 3.80. The summed E-state index contributed by atoms with van der Waals surface area (Å²) >= 11 is 0. The van der Waals surface area contributed by atoms with Crippen LogP contribution >= 0.6 is 0 Å². The van der Waals surface area contributed by atoms with Gasteiger partial charge in [0.25, 0.3) is 0 Å². The van der Waals surface area contributed by atoms with E-state index in [4.69, 9.17) is 9.47 Å². The summed E-state index contributed by atoms with van der Waals surface area (Å²) in [5, 5.41) is 1.00. The summed E-state index contributed by atoms with van der Waals surface area (Å²) < 4.78 is 40.2. The lowest BCUT2D eigenvalue weighted by molar-refractivity contribution is -0.143. The summed E-state index contributed by atoms with van der Waals surface area (Å²) in [5.74, 6) is -0.0286. The molecule has 0 radical (unpaired) electrons. The lowest BCUT2D eigenvalue weighted by Gasteiger charge is -2.50. The molecule has 1 aromatic heterocycles. The van der Waals surface area contributed by atoms with Gasteiger partial charge in [-0.1, -0.05) is 18.2 Å². The zero-order valence-electron chi connectivity index (χ0n) is 22.8. The number of carbonyl (C=O) groups is 2. The van der Waals surface area contributed by atoms with E-state index < -0.39 is 21.5 Å². The highest BCUT2D eigenvalue weighted by atomic mass is 32.2. The predicted molar refractivity (Wildman–Crippen MR) is 149 cm³/mol. The van der Waals surface area contributed by atoms with Crippen molar-refractivity contribution in [2.75, 3.05) is 33.3 Å². The molecule has 2 fully saturated rings. The van der Waals surface area contributed by atoms with E-state index in [1.165, 1.54) is 19.2 Å². The Bertz CT molecular complexity index is 1500. The average molecular weight is 567 g/mol. The molecule has 5 rings (SSSR count). The molecule has 2 amide bonds. The van der Waals surface area contributed by atoms with Crippen molar-refractivity contribution in [2.45, 2.75) is 49.6 Å². The molecule has 0 unspecified atom stereocenters. The Hall–Kier alpha value is -3.70. The smallest absolute Gasteiger partial charge is 0.320 e. The number of piperidine rings is 1. The molecule has 2 aliphatic heterocycles. The summed E-state index contributed by atoms with van der Waals surface area (Å²) in [6, 6.07) is 15.8. The molecule has 3 aromatic rings. The zero-order valence-corrected chi connectivity index (χ0v) is 23.6. The normalized spacial score (nSPS) is 16.9. The Kier molecular flexibility index (Phi) is 7.95. The van der Waals surface area contributed by atoms with Crippen LogP contribution in [0.3, 0.4) is 0 Å². The molecular formula is C29H34N4O6S. The molecule has 10 nitrogen and oxygen atoms in total. The van der Waals surface area contributed by atoms with Crippen LogP contribution in [0.5, 0.6) is 5.75 Å². The molecule has 0 bridgehead atoms. The van der Waals surface area contributed by atoms with Crippen molar-refractivity contribution >= 4 is 32.9 Å². The van der Waals surface area contributed by atoms with E-state index in [1.807, 2.05) is 37.3 Å². The van der Waals surface area contributed by atoms with Gasteiger partial charge in [-0.3, -0.25) is 9.78 Å². The second-order valence-corrected chi connectivity index (χ2v) is 12.2. The maximum Gasteiger partial charge on any atom is 0.320 e. The van der Waals surface area contributed by atoms with Crippen LogP contribution < -0.4 is 9.46 Å². The first kappa shape index (κ1) is 27.9. The number of amides is 2. The molecule has 11 heteroatoms. The van der Waals surface area contributed by atoms with Gasteiger partial charge in [0.2, 0.25) is 10.0 Å². The van der Waals surface area contributed by atoms with Crippen molar-refractivity contribution in [1.29, 1.82) is 0 Å². The van der Waals surface area contributed by atoms with Gasteiger partial charge in [-0.2, -0.15) is 0 Å². The molecule has 2 saturated heterocycles.